The van der Waals surface area contributed by atoms with E-state index in [1.165, 1.54) is 11.3 Å². The molecule has 4 heteroatoms. The first kappa shape index (κ1) is 11.9. The first-order valence-electron chi connectivity index (χ1n) is 5.92. The van der Waals surface area contributed by atoms with Crippen LogP contribution in [-0.4, -0.2) is 10.9 Å². The Morgan fingerprint density at radius 1 is 1.16 bits per heavy atom. The standard InChI is InChI=1S/C15H12N2OS/c1-9-13(14(16)18)19-15(17-9)12-8-4-6-10-5-2-3-7-11(10)12/h2-8H,1H3,(H2,16,18). The van der Waals surface area contributed by atoms with E-state index in [9.17, 15) is 4.79 Å². The van der Waals surface area contributed by atoms with Gasteiger partial charge in [-0.1, -0.05) is 42.5 Å². The van der Waals surface area contributed by atoms with E-state index in [0.717, 1.165) is 21.3 Å². The van der Waals surface area contributed by atoms with Gasteiger partial charge in [0, 0.05) is 5.56 Å². The second kappa shape index (κ2) is 4.48. The molecule has 0 unspecified atom stereocenters. The van der Waals surface area contributed by atoms with Crippen LogP contribution >= 0.6 is 11.3 Å². The molecule has 0 radical (unpaired) electrons. The van der Waals surface area contributed by atoms with Gasteiger partial charge in [-0.15, -0.1) is 11.3 Å². The number of benzene rings is 2. The summed E-state index contributed by atoms with van der Waals surface area (Å²) in [5, 5.41) is 3.13. The van der Waals surface area contributed by atoms with Gasteiger partial charge >= 0.3 is 0 Å². The van der Waals surface area contributed by atoms with Gasteiger partial charge in [0.25, 0.3) is 5.91 Å². The summed E-state index contributed by atoms with van der Waals surface area (Å²) in [7, 11) is 0. The Kier molecular flexibility index (Phi) is 2.80. The Morgan fingerprint density at radius 3 is 2.63 bits per heavy atom. The lowest BCUT2D eigenvalue weighted by atomic mass is 10.1. The number of hydrogen-bond acceptors (Lipinski definition) is 3. The van der Waals surface area contributed by atoms with Gasteiger partial charge in [-0.05, 0) is 17.7 Å². The van der Waals surface area contributed by atoms with E-state index in [2.05, 4.69) is 23.2 Å². The Labute approximate surface area is 114 Å². The third kappa shape index (κ3) is 2.00. The maximum Gasteiger partial charge on any atom is 0.260 e. The first-order valence-corrected chi connectivity index (χ1v) is 6.74. The molecule has 3 nitrogen and oxygen atoms in total. The molecule has 0 spiro atoms. The molecule has 1 amide bonds. The van der Waals surface area contributed by atoms with Crippen LogP contribution in [0.1, 0.15) is 15.4 Å². The smallest absolute Gasteiger partial charge is 0.260 e. The molecule has 2 N–H and O–H groups in total. The molecule has 2 aromatic carbocycles. The maximum atomic E-state index is 11.3. The summed E-state index contributed by atoms with van der Waals surface area (Å²) < 4.78 is 0. The molecule has 19 heavy (non-hydrogen) atoms. The normalized spacial score (nSPS) is 10.8. The second-order valence-electron chi connectivity index (χ2n) is 4.32. The number of nitrogens with two attached hydrogens (primary N) is 1. The summed E-state index contributed by atoms with van der Waals surface area (Å²) in [5.41, 5.74) is 7.09. The quantitative estimate of drug-likeness (QED) is 0.774. The fourth-order valence-electron chi connectivity index (χ4n) is 2.15. The Balaban J connectivity index is 2.25. The van der Waals surface area contributed by atoms with Crippen LogP contribution in [0.4, 0.5) is 0 Å². The van der Waals surface area contributed by atoms with Gasteiger partial charge in [-0.2, -0.15) is 0 Å². The van der Waals surface area contributed by atoms with Crippen molar-refractivity contribution in [1.29, 1.82) is 0 Å². The molecule has 0 atom stereocenters. The highest BCUT2D eigenvalue weighted by atomic mass is 32.1. The second-order valence-corrected chi connectivity index (χ2v) is 5.32. The summed E-state index contributed by atoms with van der Waals surface area (Å²) >= 11 is 1.35. The lowest BCUT2D eigenvalue weighted by Gasteiger charge is -2.02. The SMILES string of the molecule is Cc1nc(-c2cccc3ccccc23)sc1C(N)=O. The van der Waals surface area contributed by atoms with E-state index < -0.39 is 5.91 Å². The van der Waals surface area contributed by atoms with Gasteiger partial charge in [-0.3, -0.25) is 4.79 Å². The number of fused-ring (bicyclic) bond motifs is 1. The number of aromatic nitrogens is 1. The molecule has 0 saturated heterocycles. The van der Waals surface area contributed by atoms with Crippen LogP contribution in [-0.2, 0) is 0 Å². The molecular weight excluding hydrogens is 256 g/mol. The molecule has 0 bridgehead atoms. The Bertz CT molecular complexity index is 771. The van der Waals surface area contributed by atoms with E-state index in [1.807, 2.05) is 31.2 Å². The van der Waals surface area contributed by atoms with Crippen molar-refractivity contribution in [3.05, 3.63) is 53.0 Å². The molecule has 0 aliphatic rings. The highest BCUT2D eigenvalue weighted by Gasteiger charge is 2.14. The van der Waals surface area contributed by atoms with Crippen LogP contribution in [0.3, 0.4) is 0 Å². The highest BCUT2D eigenvalue weighted by Crippen LogP contribution is 2.32. The molecule has 0 saturated carbocycles. The number of aryl methyl sites for hydroxylation is 1. The summed E-state index contributed by atoms with van der Waals surface area (Å²) in [5.74, 6) is -0.415. The van der Waals surface area contributed by atoms with E-state index >= 15 is 0 Å². The van der Waals surface area contributed by atoms with Crippen LogP contribution in [0.5, 0.6) is 0 Å². The van der Waals surface area contributed by atoms with Crippen molar-refractivity contribution in [2.75, 3.05) is 0 Å². The van der Waals surface area contributed by atoms with E-state index in [0.29, 0.717) is 10.6 Å². The summed E-state index contributed by atoms with van der Waals surface area (Å²) in [4.78, 5) is 16.3. The number of carbonyl (C=O) groups is 1. The van der Waals surface area contributed by atoms with Crippen LogP contribution in [0.15, 0.2) is 42.5 Å². The monoisotopic (exact) mass is 268 g/mol. The zero-order valence-corrected chi connectivity index (χ0v) is 11.2. The molecule has 3 rings (SSSR count). The lowest BCUT2D eigenvalue weighted by Crippen LogP contribution is -2.09. The van der Waals surface area contributed by atoms with Crippen molar-refractivity contribution >= 4 is 28.0 Å². The average Bonchev–Trinajstić information content (AvgIpc) is 2.80. The molecular formula is C15H12N2OS. The fraction of sp³-hybridized carbons (Fsp3) is 0.0667. The van der Waals surface area contributed by atoms with Gasteiger partial charge in [0.05, 0.1) is 5.69 Å². The Morgan fingerprint density at radius 2 is 1.89 bits per heavy atom. The van der Waals surface area contributed by atoms with Crippen molar-refractivity contribution in [2.45, 2.75) is 6.92 Å². The molecule has 0 aliphatic carbocycles. The summed E-state index contributed by atoms with van der Waals surface area (Å²) in [6, 6.07) is 14.2. The molecule has 3 aromatic rings. The van der Waals surface area contributed by atoms with Crippen LogP contribution in [0.25, 0.3) is 21.3 Å². The largest absolute Gasteiger partial charge is 0.365 e. The van der Waals surface area contributed by atoms with Gasteiger partial charge in [-0.25, -0.2) is 4.98 Å². The number of nitrogens with zero attached hydrogens (tertiary/aromatic N) is 1. The topological polar surface area (TPSA) is 56.0 Å². The summed E-state index contributed by atoms with van der Waals surface area (Å²) in [6.07, 6.45) is 0. The predicted molar refractivity (Wildman–Crippen MR) is 78.3 cm³/mol. The molecule has 1 heterocycles. The van der Waals surface area contributed by atoms with Gasteiger partial charge in [0.1, 0.15) is 9.88 Å². The van der Waals surface area contributed by atoms with Gasteiger partial charge in [0.15, 0.2) is 0 Å². The number of rotatable bonds is 2. The van der Waals surface area contributed by atoms with Gasteiger partial charge in [0.2, 0.25) is 0 Å². The van der Waals surface area contributed by atoms with Crippen molar-refractivity contribution in [3.63, 3.8) is 0 Å². The Hall–Kier alpha value is -2.20. The van der Waals surface area contributed by atoms with Crippen molar-refractivity contribution in [2.24, 2.45) is 5.73 Å². The maximum absolute atomic E-state index is 11.3. The van der Waals surface area contributed by atoms with E-state index in [-0.39, 0.29) is 0 Å². The first-order chi connectivity index (χ1) is 9.16. The molecule has 94 valence electrons. The predicted octanol–water partition coefficient (Wildman–Crippen LogP) is 3.37. The zero-order valence-electron chi connectivity index (χ0n) is 10.4. The highest BCUT2D eigenvalue weighted by molar-refractivity contribution is 7.17. The van der Waals surface area contributed by atoms with Crippen LogP contribution in [0, 0.1) is 6.92 Å². The zero-order chi connectivity index (χ0) is 13.4. The van der Waals surface area contributed by atoms with Crippen molar-refractivity contribution in [3.8, 4) is 10.6 Å². The minimum atomic E-state index is -0.415. The lowest BCUT2D eigenvalue weighted by molar-refractivity contribution is 0.100. The summed E-state index contributed by atoms with van der Waals surface area (Å²) in [6.45, 7) is 1.81. The molecule has 0 aliphatic heterocycles. The van der Waals surface area contributed by atoms with Crippen molar-refractivity contribution in [1.82, 2.24) is 4.98 Å². The number of amides is 1. The molecule has 0 fully saturated rings. The van der Waals surface area contributed by atoms with E-state index in [1.54, 1.807) is 0 Å². The number of carbonyl (C=O) groups excluding carboxylic acids is 1. The van der Waals surface area contributed by atoms with Gasteiger partial charge < -0.3 is 5.73 Å². The van der Waals surface area contributed by atoms with Crippen LogP contribution in [0.2, 0.25) is 0 Å². The number of hydrogen-bond donors (Lipinski definition) is 1. The third-order valence-corrected chi connectivity index (χ3v) is 4.25. The third-order valence-electron chi connectivity index (χ3n) is 3.04. The fourth-order valence-corrected chi connectivity index (χ4v) is 3.11. The van der Waals surface area contributed by atoms with Crippen LogP contribution < -0.4 is 5.73 Å². The number of primary amides is 1. The average molecular weight is 268 g/mol. The van der Waals surface area contributed by atoms with Crippen molar-refractivity contribution < 1.29 is 4.79 Å². The number of thiazole rings is 1. The minimum Gasteiger partial charge on any atom is -0.365 e. The minimum absolute atomic E-state index is 0.415. The molecule has 1 aromatic heterocycles. The van der Waals surface area contributed by atoms with E-state index in [4.69, 9.17) is 5.73 Å².